The van der Waals surface area contributed by atoms with E-state index >= 15 is 0 Å². The van der Waals surface area contributed by atoms with E-state index in [1.165, 1.54) is 0 Å². The van der Waals surface area contributed by atoms with Gasteiger partial charge in [-0.2, -0.15) is 0 Å². The second kappa shape index (κ2) is 10.7. The zero-order valence-corrected chi connectivity index (χ0v) is 21.0. The van der Waals surface area contributed by atoms with Gasteiger partial charge in [0.2, 0.25) is 5.13 Å². The third-order valence-electron chi connectivity index (χ3n) is 4.76. The molecule has 0 saturated carbocycles. The van der Waals surface area contributed by atoms with Crippen LogP contribution in [0.25, 0.3) is 10.2 Å². The van der Waals surface area contributed by atoms with Gasteiger partial charge in [0.15, 0.2) is 0 Å². The van der Waals surface area contributed by atoms with Gasteiger partial charge in [0.05, 0.1) is 66.0 Å². The SMILES string of the molecule is CCN(CC[N+](C)(C)C)c1ccc(N=Nc2nc3cc([N+](=O)[O-])c([N+](=O)[O-])cc3s2)cc1.[Br-]. The van der Waals surface area contributed by atoms with E-state index in [1.54, 1.807) is 0 Å². The summed E-state index contributed by atoms with van der Waals surface area (Å²) in [5, 5.41) is 30.8. The molecule has 11 nitrogen and oxygen atoms in total. The largest absolute Gasteiger partial charge is 1.00 e. The fraction of sp³-hybridized carbons (Fsp3) is 0.350. The van der Waals surface area contributed by atoms with Crippen LogP contribution in [0.5, 0.6) is 0 Å². The number of thiazole rings is 1. The van der Waals surface area contributed by atoms with E-state index in [-0.39, 0.29) is 27.6 Å². The lowest BCUT2D eigenvalue weighted by Crippen LogP contribution is -3.00. The Hall–Kier alpha value is -3.03. The highest BCUT2D eigenvalue weighted by atomic mass is 79.9. The number of nitrogens with zero attached hydrogens (tertiary/aromatic N) is 7. The van der Waals surface area contributed by atoms with Gasteiger partial charge < -0.3 is 26.4 Å². The van der Waals surface area contributed by atoms with Crippen molar-refractivity contribution >= 4 is 49.4 Å². The molecule has 0 unspecified atom stereocenters. The summed E-state index contributed by atoms with van der Waals surface area (Å²) in [7, 11) is 6.49. The lowest BCUT2D eigenvalue weighted by atomic mass is 10.2. The van der Waals surface area contributed by atoms with E-state index in [9.17, 15) is 20.2 Å². The fourth-order valence-electron chi connectivity index (χ4n) is 3.00. The van der Waals surface area contributed by atoms with E-state index < -0.39 is 21.2 Å². The summed E-state index contributed by atoms with van der Waals surface area (Å²) in [4.78, 5) is 27.1. The molecule has 0 aliphatic rings. The summed E-state index contributed by atoms with van der Waals surface area (Å²) in [5.74, 6) is 0. The summed E-state index contributed by atoms with van der Waals surface area (Å²) in [6, 6.07) is 9.92. The number of benzene rings is 2. The van der Waals surface area contributed by atoms with Crippen LogP contribution in [0.15, 0.2) is 46.6 Å². The number of halogens is 1. The van der Waals surface area contributed by atoms with E-state index in [0.717, 1.165) is 53.3 Å². The molecule has 0 saturated heterocycles. The number of rotatable bonds is 9. The Kier molecular flexibility index (Phi) is 8.52. The van der Waals surface area contributed by atoms with E-state index in [1.807, 2.05) is 24.3 Å². The van der Waals surface area contributed by atoms with Crippen LogP contribution in [-0.2, 0) is 0 Å². The predicted octanol–water partition coefficient (Wildman–Crippen LogP) is 2.06. The first kappa shape index (κ1) is 26.2. The smallest absolute Gasteiger partial charge is 0.348 e. The van der Waals surface area contributed by atoms with Crippen molar-refractivity contribution in [3.8, 4) is 0 Å². The second-order valence-electron chi connectivity index (χ2n) is 8.13. The molecular weight excluding hydrogens is 514 g/mol. The quantitative estimate of drug-likeness (QED) is 0.178. The lowest BCUT2D eigenvalue weighted by Gasteiger charge is -2.29. The molecule has 0 N–H and O–H groups in total. The first-order valence-corrected chi connectivity index (χ1v) is 10.7. The third-order valence-corrected chi connectivity index (χ3v) is 5.66. The molecule has 176 valence electrons. The number of nitro groups is 2. The number of nitro benzene ring substituents is 2. The highest BCUT2D eigenvalue weighted by Crippen LogP contribution is 2.37. The standard InChI is InChI=1S/C20H24N7O4S.BrH/c1-5-24(10-11-27(2,3)4)15-8-6-14(7-9-15)22-23-20-21-16-12-17(25(28)29)18(26(30)31)13-19(16)32-20;/h6-9,12-13H,5,10-11H2,1-4H3;1H/q+1;/p-1. The molecule has 0 atom stereocenters. The average Bonchev–Trinajstić information content (AvgIpc) is 3.13. The Labute approximate surface area is 205 Å². The van der Waals surface area contributed by atoms with Gasteiger partial charge in [-0.1, -0.05) is 11.3 Å². The Bertz CT molecular complexity index is 1120. The molecule has 0 amide bonds. The highest BCUT2D eigenvalue weighted by molar-refractivity contribution is 7.22. The topological polar surface area (TPSA) is 127 Å². The Morgan fingerprint density at radius 1 is 1.03 bits per heavy atom. The Balaban J connectivity index is 0.00000385. The summed E-state index contributed by atoms with van der Waals surface area (Å²) in [6.45, 7) is 4.96. The van der Waals surface area contributed by atoms with Gasteiger partial charge >= 0.3 is 11.4 Å². The Morgan fingerprint density at radius 2 is 1.64 bits per heavy atom. The number of fused-ring (bicyclic) bond motifs is 1. The number of likely N-dealkylation sites (N-methyl/N-ethyl adjacent to an activating group) is 2. The predicted molar refractivity (Wildman–Crippen MR) is 124 cm³/mol. The minimum Gasteiger partial charge on any atom is -1.00 e. The molecule has 3 aromatic rings. The van der Waals surface area contributed by atoms with Gasteiger partial charge in [0, 0.05) is 18.3 Å². The van der Waals surface area contributed by atoms with Crippen LogP contribution < -0.4 is 21.9 Å². The van der Waals surface area contributed by atoms with Crippen molar-refractivity contribution in [3.05, 3.63) is 56.6 Å². The number of hydrogen-bond donors (Lipinski definition) is 0. The van der Waals surface area contributed by atoms with Gasteiger partial charge in [-0.3, -0.25) is 20.2 Å². The summed E-state index contributed by atoms with van der Waals surface area (Å²) in [5.41, 5.74) is 0.827. The third kappa shape index (κ3) is 6.73. The van der Waals surface area contributed by atoms with Gasteiger partial charge in [0.25, 0.3) is 0 Å². The van der Waals surface area contributed by atoms with Gasteiger partial charge in [-0.15, -0.1) is 10.2 Å². The first-order chi connectivity index (χ1) is 15.1. The fourth-order valence-corrected chi connectivity index (χ4v) is 3.80. The molecule has 3 rings (SSSR count). The molecule has 0 bridgehead atoms. The van der Waals surface area contributed by atoms with Gasteiger partial charge in [-0.25, -0.2) is 4.98 Å². The molecule has 33 heavy (non-hydrogen) atoms. The normalized spacial score (nSPS) is 11.5. The van der Waals surface area contributed by atoms with Crippen LogP contribution in [0.2, 0.25) is 0 Å². The van der Waals surface area contributed by atoms with E-state index in [0.29, 0.717) is 10.4 Å². The molecule has 2 aromatic carbocycles. The number of anilines is 1. The van der Waals surface area contributed by atoms with Crippen LogP contribution in [-0.4, -0.2) is 60.1 Å². The Morgan fingerprint density at radius 3 is 2.18 bits per heavy atom. The minimum atomic E-state index is -0.792. The van der Waals surface area contributed by atoms with Crippen molar-refractivity contribution in [1.82, 2.24) is 4.98 Å². The van der Waals surface area contributed by atoms with Crippen LogP contribution in [0.3, 0.4) is 0 Å². The van der Waals surface area contributed by atoms with E-state index in [2.05, 4.69) is 48.2 Å². The monoisotopic (exact) mass is 537 g/mol. The maximum atomic E-state index is 11.1. The minimum absolute atomic E-state index is 0. The zero-order valence-electron chi connectivity index (χ0n) is 18.6. The van der Waals surface area contributed by atoms with Gasteiger partial charge in [-0.05, 0) is 31.2 Å². The van der Waals surface area contributed by atoms with Crippen molar-refractivity contribution < 1.29 is 31.3 Å². The molecule has 0 spiro atoms. The van der Waals surface area contributed by atoms with Crippen LogP contribution in [0.4, 0.5) is 27.9 Å². The van der Waals surface area contributed by atoms with Crippen molar-refractivity contribution in [3.63, 3.8) is 0 Å². The first-order valence-electron chi connectivity index (χ1n) is 9.88. The van der Waals surface area contributed by atoms with Crippen molar-refractivity contribution in [2.45, 2.75) is 6.92 Å². The second-order valence-corrected chi connectivity index (χ2v) is 9.14. The van der Waals surface area contributed by atoms with Crippen LogP contribution >= 0.6 is 11.3 Å². The maximum Gasteiger partial charge on any atom is 0.348 e. The molecular formula is C20H24BrN7O4S. The van der Waals surface area contributed by atoms with E-state index in [4.69, 9.17) is 0 Å². The van der Waals surface area contributed by atoms with Crippen LogP contribution in [0.1, 0.15) is 6.92 Å². The van der Waals surface area contributed by atoms with Crippen molar-refractivity contribution in [1.29, 1.82) is 0 Å². The van der Waals surface area contributed by atoms with Crippen molar-refractivity contribution in [2.24, 2.45) is 10.2 Å². The number of hydrogen-bond acceptors (Lipinski definition) is 9. The number of quaternary nitrogens is 1. The summed E-state index contributed by atoms with van der Waals surface area (Å²) >= 11 is 1.08. The molecule has 1 aromatic heterocycles. The highest BCUT2D eigenvalue weighted by Gasteiger charge is 2.26. The van der Waals surface area contributed by atoms with Crippen LogP contribution in [0, 0.1) is 20.2 Å². The lowest BCUT2D eigenvalue weighted by molar-refractivity contribution is -0.868. The average molecular weight is 538 g/mol. The molecule has 0 aliphatic heterocycles. The molecule has 0 aliphatic carbocycles. The number of azo groups is 1. The zero-order chi connectivity index (χ0) is 23.5. The molecule has 0 radical (unpaired) electrons. The summed E-state index contributed by atoms with van der Waals surface area (Å²) < 4.78 is 1.32. The molecule has 0 fully saturated rings. The van der Waals surface area contributed by atoms with Gasteiger partial charge in [0.1, 0.15) is 0 Å². The molecule has 1 heterocycles. The maximum absolute atomic E-state index is 11.1. The summed E-state index contributed by atoms with van der Waals surface area (Å²) in [6.07, 6.45) is 0. The molecule has 13 heteroatoms. The number of aromatic nitrogens is 1. The van der Waals surface area contributed by atoms with Crippen molar-refractivity contribution in [2.75, 3.05) is 45.7 Å².